The van der Waals surface area contributed by atoms with Crippen LogP contribution in [0.3, 0.4) is 0 Å². The van der Waals surface area contributed by atoms with Crippen LogP contribution in [0.15, 0.2) is 0 Å². The number of amides is 1. The molecule has 1 aromatic heterocycles. The number of aryl methyl sites for hydroxylation is 1. The summed E-state index contributed by atoms with van der Waals surface area (Å²) < 4.78 is 0. The Kier molecular flexibility index (Phi) is 4.73. The lowest BCUT2D eigenvalue weighted by Gasteiger charge is -2.37. The van der Waals surface area contributed by atoms with Crippen molar-refractivity contribution in [1.82, 2.24) is 9.88 Å². The van der Waals surface area contributed by atoms with Crippen molar-refractivity contribution in [2.45, 2.75) is 71.4 Å². The summed E-state index contributed by atoms with van der Waals surface area (Å²) in [5, 5.41) is 1.03. The highest BCUT2D eigenvalue weighted by molar-refractivity contribution is 7.14. The average Bonchev–Trinajstić information content (AvgIpc) is 2.80. The van der Waals surface area contributed by atoms with Crippen LogP contribution in [-0.2, 0) is 5.41 Å². The predicted octanol–water partition coefficient (Wildman–Crippen LogP) is 3.09. The second kappa shape index (κ2) is 6.05. The Bertz CT molecular complexity index is 516. The van der Waals surface area contributed by atoms with E-state index in [0.717, 1.165) is 41.4 Å². The van der Waals surface area contributed by atoms with Crippen LogP contribution in [-0.4, -0.2) is 34.4 Å². The van der Waals surface area contributed by atoms with E-state index in [1.54, 1.807) is 0 Å². The normalized spacial score (nSPS) is 21.4. The standard InChI is InChI=1S/C16H27N3OS/c1-10(17)12-8-6-7-9-19(12)14(20)13-11(2)18-15(21-13)16(3,4)5/h10,12H,6-9,17H2,1-5H3. The quantitative estimate of drug-likeness (QED) is 0.913. The van der Waals surface area contributed by atoms with E-state index in [9.17, 15) is 4.79 Å². The van der Waals surface area contributed by atoms with E-state index >= 15 is 0 Å². The van der Waals surface area contributed by atoms with Gasteiger partial charge in [0.25, 0.3) is 5.91 Å². The van der Waals surface area contributed by atoms with Gasteiger partial charge in [0, 0.05) is 24.0 Å². The van der Waals surface area contributed by atoms with E-state index in [1.165, 1.54) is 11.3 Å². The maximum Gasteiger partial charge on any atom is 0.266 e. The van der Waals surface area contributed by atoms with Crippen molar-refractivity contribution in [2.75, 3.05) is 6.54 Å². The molecule has 1 fully saturated rings. The zero-order valence-corrected chi connectivity index (χ0v) is 14.6. The van der Waals surface area contributed by atoms with Gasteiger partial charge >= 0.3 is 0 Å². The molecule has 0 saturated carbocycles. The van der Waals surface area contributed by atoms with Gasteiger partial charge in [-0.2, -0.15) is 0 Å². The van der Waals surface area contributed by atoms with Crippen molar-refractivity contribution >= 4 is 17.2 Å². The number of hydrogen-bond donors (Lipinski definition) is 1. The molecule has 2 unspecified atom stereocenters. The molecule has 1 aliphatic heterocycles. The topological polar surface area (TPSA) is 59.2 Å². The molecule has 0 spiro atoms. The third kappa shape index (κ3) is 3.46. The van der Waals surface area contributed by atoms with E-state index < -0.39 is 0 Å². The molecule has 0 aromatic carbocycles. The van der Waals surface area contributed by atoms with Crippen LogP contribution in [0.4, 0.5) is 0 Å². The summed E-state index contributed by atoms with van der Waals surface area (Å²) in [6.45, 7) is 11.1. The number of nitrogens with zero attached hydrogens (tertiary/aromatic N) is 2. The molecule has 1 aromatic rings. The van der Waals surface area contributed by atoms with Crippen molar-refractivity contribution < 1.29 is 4.79 Å². The first-order valence-corrected chi connectivity index (χ1v) is 8.58. The first-order chi connectivity index (χ1) is 9.71. The maximum absolute atomic E-state index is 12.9. The minimum Gasteiger partial charge on any atom is -0.333 e. The predicted molar refractivity (Wildman–Crippen MR) is 87.9 cm³/mol. The highest BCUT2D eigenvalue weighted by atomic mass is 32.1. The number of carbonyl (C=O) groups is 1. The molecule has 2 rings (SSSR count). The highest BCUT2D eigenvalue weighted by Gasteiger charge is 2.32. The van der Waals surface area contributed by atoms with Crippen LogP contribution in [0.1, 0.15) is 67.3 Å². The smallest absolute Gasteiger partial charge is 0.266 e. The first kappa shape index (κ1) is 16.4. The molecule has 118 valence electrons. The van der Waals surface area contributed by atoms with Crippen molar-refractivity contribution in [3.8, 4) is 0 Å². The SMILES string of the molecule is Cc1nc(C(C)(C)C)sc1C(=O)N1CCCCC1C(C)N. The average molecular weight is 309 g/mol. The molecule has 2 N–H and O–H groups in total. The number of aromatic nitrogens is 1. The number of hydrogen-bond acceptors (Lipinski definition) is 4. The van der Waals surface area contributed by atoms with E-state index in [0.29, 0.717) is 0 Å². The number of rotatable bonds is 2. The van der Waals surface area contributed by atoms with Crippen LogP contribution in [0, 0.1) is 6.92 Å². The molecular weight excluding hydrogens is 282 g/mol. The fraction of sp³-hybridized carbons (Fsp3) is 0.750. The van der Waals surface area contributed by atoms with Crippen LogP contribution >= 0.6 is 11.3 Å². The van der Waals surface area contributed by atoms with Gasteiger partial charge in [0.15, 0.2) is 0 Å². The molecule has 5 heteroatoms. The lowest BCUT2D eigenvalue weighted by atomic mass is 9.96. The first-order valence-electron chi connectivity index (χ1n) is 7.76. The monoisotopic (exact) mass is 309 g/mol. The summed E-state index contributed by atoms with van der Waals surface area (Å²) in [6.07, 6.45) is 3.23. The van der Waals surface area contributed by atoms with Crippen LogP contribution in [0.2, 0.25) is 0 Å². The van der Waals surface area contributed by atoms with Gasteiger partial charge < -0.3 is 10.6 Å². The molecule has 1 aliphatic rings. The largest absolute Gasteiger partial charge is 0.333 e. The number of likely N-dealkylation sites (tertiary alicyclic amines) is 1. The minimum absolute atomic E-state index is 0.0174. The molecule has 4 nitrogen and oxygen atoms in total. The van der Waals surface area contributed by atoms with Gasteiger partial charge in [-0.05, 0) is 33.1 Å². The summed E-state index contributed by atoms with van der Waals surface area (Å²) in [5.41, 5.74) is 6.91. The van der Waals surface area contributed by atoms with Gasteiger partial charge in [0.1, 0.15) is 4.88 Å². The number of carbonyl (C=O) groups excluding carboxylic acids is 1. The Hall–Kier alpha value is -0.940. The maximum atomic E-state index is 12.9. The van der Waals surface area contributed by atoms with E-state index in [1.807, 2.05) is 18.7 Å². The van der Waals surface area contributed by atoms with Gasteiger partial charge in [0.05, 0.1) is 10.7 Å². The molecule has 1 saturated heterocycles. The molecule has 21 heavy (non-hydrogen) atoms. The number of thiazole rings is 1. The lowest BCUT2D eigenvalue weighted by molar-refractivity contribution is 0.0588. The second-order valence-corrected chi connectivity index (χ2v) is 8.10. The number of piperidine rings is 1. The van der Waals surface area contributed by atoms with Crippen molar-refractivity contribution in [2.24, 2.45) is 5.73 Å². The van der Waals surface area contributed by atoms with Gasteiger partial charge in [-0.3, -0.25) is 4.79 Å². The zero-order chi connectivity index (χ0) is 15.8. The Labute approximate surface area is 131 Å². The van der Waals surface area contributed by atoms with E-state index in [-0.39, 0.29) is 23.4 Å². The molecule has 2 heterocycles. The van der Waals surface area contributed by atoms with Gasteiger partial charge in [-0.25, -0.2) is 4.98 Å². The Morgan fingerprint density at radius 2 is 2.10 bits per heavy atom. The Morgan fingerprint density at radius 1 is 1.43 bits per heavy atom. The van der Waals surface area contributed by atoms with Crippen LogP contribution in [0.25, 0.3) is 0 Å². The molecular formula is C16H27N3OS. The fourth-order valence-electron chi connectivity index (χ4n) is 2.80. The van der Waals surface area contributed by atoms with Gasteiger partial charge in [-0.1, -0.05) is 20.8 Å². The van der Waals surface area contributed by atoms with Gasteiger partial charge in [0.2, 0.25) is 0 Å². The third-order valence-corrected chi connectivity index (χ3v) is 5.62. The third-order valence-electron chi connectivity index (χ3n) is 4.05. The number of nitrogens with two attached hydrogens (primary N) is 1. The van der Waals surface area contributed by atoms with E-state index in [2.05, 4.69) is 25.8 Å². The molecule has 0 bridgehead atoms. The van der Waals surface area contributed by atoms with Crippen LogP contribution < -0.4 is 5.73 Å². The Morgan fingerprint density at radius 3 is 2.62 bits per heavy atom. The van der Waals surface area contributed by atoms with Crippen molar-refractivity contribution in [1.29, 1.82) is 0 Å². The van der Waals surface area contributed by atoms with Crippen LogP contribution in [0.5, 0.6) is 0 Å². The highest BCUT2D eigenvalue weighted by Crippen LogP contribution is 2.31. The fourth-order valence-corrected chi connectivity index (χ4v) is 3.88. The van der Waals surface area contributed by atoms with E-state index in [4.69, 9.17) is 5.73 Å². The van der Waals surface area contributed by atoms with Crippen molar-refractivity contribution in [3.05, 3.63) is 15.6 Å². The van der Waals surface area contributed by atoms with Gasteiger partial charge in [-0.15, -0.1) is 11.3 Å². The Balaban J connectivity index is 2.28. The minimum atomic E-state index is -0.0174. The molecule has 1 amide bonds. The molecule has 0 radical (unpaired) electrons. The second-order valence-electron chi connectivity index (χ2n) is 7.10. The summed E-state index contributed by atoms with van der Waals surface area (Å²) in [4.78, 5) is 20.3. The zero-order valence-electron chi connectivity index (χ0n) is 13.8. The summed E-state index contributed by atoms with van der Waals surface area (Å²) in [6, 6.07) is 0.176. The lowest BCUT2D eigenvalue weighted by Crippen LogP contribution is -2.51. The summed E-state index contributed by atoms with van der Waals surface area (Å²) in [5.74, 6) is 0.113. The van der Waals surface area contributed by atoms with Crippen molar-refractivity contribution in [3.63, 3.8) is 0 Å². The summed E-state index contributed by atoms with van der Waals surface area (Å²) >= 11 is 1.54. The molecule has 0 aliphatic carbocycles. The summed E-state index contributed by atoms with van der Waals surface area (Å²) in [7, 11) is 0. The molecule has 2 atom stereocenters.